The van der Waals surface area contributed by atoms with Crippen molar-refractivity contribution in [3.8, 4) is 0 Å². The monoisotopic (exact) mass is 249 g/mol. The minimum atomic E-state index is -0.875. The van der Waals surface area contributed by atoms with Gasteiger partial charge >= 0.3 is 5.97 Å². The number of carboxylic acid groups (broad SMARTS) is 1. The van der Waals surface area contributed by atoms with Crippen molar-refractivity contribution in [1.82, 2.24) is 10.2 Å². The Bertz CT molecular complexity index is 409. The van der Waals surface area contributed by atoms with Gasteiger partial charge in [-0.2, -0.15) is 5.10 Å². The van der Waals surface area contributed by atoms with Crippen molar-refractivity contribution in [2.24, 2.45) is 0 Å². The summed E-state index contributed by atoms with van der Waals surface area (Å²) in [5.74, 6) is -0.239. The van der Waals surface area contributed by atoms with Crippen molar-refractivity contribution in [2.75, 3.05) is 5.32 Å². The van der Waals surface area contributed by atoms with Crippen LogP contribution in [-0.4, -0.2) is 26.8 Å². The molecule has 5 nitrogen and oxygen atoms in total. The smallest absolute Gasteiger partial charge is 0.329 e. The van der Waals surface area contributed by atoms with Gasteiger partial charge in [0.05, 0.1) is 5.69 Å². The molecule has 0 bridgehead atoms. The quantitative estimate of drug-likeness (QED) is 0.804. The molecule has 0 aromatic carbocycles. The Morgan fingerprint density at radius 2 is 1.89 bits per heavy atom. The Labute approximate surface area is 107 Å². The third-order valence-electron chi connectivity index (χ3n) is 3.53. The molecule has 1 aromatic rings. The van der Waals surface area contributed by atoms with Crippen LogP contribution < -0.4 is 5.32 Å². The highest BCUT2D eigenvalue weighted by Gasteiger charge is 2.38. The van der Waals surface area contributed by atoms with Crippen molar-refractivity contribution in [2.45, 2.75) is 51.0 Å². The van der Waals surface area contributed by atoms with Gasteiger partial charge in [0.15, 0.2) is 0 Å². The van der Waals surface area contributed by atoms with Gasteiger partial charge in [-0.3, -0.25) is 0 Å². The predicted octanol–water partition coefficient (Wildman–Crippen LogP) is 2.37. The molecule has 0 radical (unpaired) electrons. The molecule has 0 amide bonds. The van der Waals surface area contributed by atoms with Gasteiger partial charge < -0.3 is 10.4 Å². The van der Waals surface area contributed by atoms with Gasteiger partial charge in [-0.15, -0.1) is 5.10 Å². The van der Waals surface area contributed by atoms with Crippen molar-refractivity contribution in [3.63, 3.8) is 0 Å². The van der Waals surface area contributed by atoms with E-state index in [1.165, 1.54) is 0 Å². The Hall–Kier alpha value is -1.65. The molecule has 1 heterocycles. The average molecular weight is 249 g/mol. The number of nitrogens with one attached hydrogen (secondary N) is 1. The lowest BCUT2D eigenvalue weighted by molar-refractivity contribution is -0.142. The molecule has 2 N–H and O–H groups in total. The Kier molecular flexibility index (Phi) is 3.79. The third kappa shape index (κ3) is 2.78. The molecule has 0 atom stereocenters. The van der Waals surface area contributed by atoms with E-state index < -0.39 is 11.5 Å². The second-order valence-electron chi connectivity index (χ2n) is 4.99. The number of hydrogen-bond donors (Lipinski definition) is 2. The number of rotatable bonds is 3. The second kappa shape index (κ2) is 5.33. The SMILES string of the molecule is Cc1ccc(NC2(C(=O)O)CCCCCC2)nn1. The maximum atomic E-state index is 11.6. The van der Waals surface area contributed by atoms with Crippen LogP contribution in [-0.2, 0) is 4.79 Å². The van der Waals surface area contributed by atoms with Crippen molar-refractivity contribution in [3.05, 3.63) is 17.8 Å². The van der Waals surface area contributed by atoms with Gasteiger partial charge in [0.25, 0.3) is 0 Å². The molecule has 2 rings (SSSR count). The number of aryl methyl sites for hydroxylation is 1. The van der Waals surface area contributed by atoms with Crippen LogP contribution in [0.1, 0.15) is 44.2 Å². The summed E-state index contributed by atoms with van der Waals surface area (Å²) in [5, 5.41) is 20.6. The minimum absolute atomic E-state index is 0.546. The minimum Gasteiger partial charge on any atom is -0.480 e. The Morgan fingerprint density at radius 1 is 1.22 bits per heavy atom. The highest BCUT2D eigenvalue weighted by Crippen LogP contribution is 2.30. The van der Waals surface area contributed by atoms with Gasteiger partial charge in [-0.1, -0.05) is 25.7 Å². The van der Waals surface area contributed by atoms with Crippen LogP contribution in [0.25, 0.3) is 0 Å². The molecular formula is C13H19N3O2. The summed E-state index contributed by atoms with van der Waals surface area (Å²) in [4.78, 5) is 11.6. The first-order chi connectivity index (χ1) is 8.62. The lowest BCUT2D eigenvalue weighted by atomic mass is 9.90. The first-order valence-electron chi connectivity index (χ1n) is 6.44. The molecule has 18 heavy (non-hydrogen) atoms. The maximum absolute atomic E-state index is 11.6. The zero-order valence-corrected chi connectivity index (χ0v) is 10.6. The summed E-state index contributed by atoms with van der Waals surface area (Å²) >= 11 is 0. The van der Waals surface area contributed by atoms with Crippen molar-refractivity contribution in [1.29, 1.82) is 0 Å². The lowest BCUT2D eigenvalue weighted by Gasteiger charge is -2.29. The Morgan fingerprint density at radius 3 is 2.39 bits per heavy atom. The number of anilines is 1. The van der Waals surface area contributed by atoms with E-state index in [0.717, 1.165) is 31.4 Å². The van der Waals surface area contributed by atoms with E-state index >= 15 is 0 Å². The van der Waals surface area contributed by atoms with Crippen LogP contribution in [0.5, 0.6) is 0 Å². The van der Waals surface area contributed by atoms with Gasteiger partial charge in [0.1, 0.15) is 11.4 Å². The number of nitrogens with zero attached hydrogens (tertiary/aromatic N) is 2. The van der Waals surface area contributed by atoms with Gasteiger partial charge in [0.2, 0.25) is 0 Å². The summed E-state index contributed by atoms with van der Waals surface area (Å²) in [5.41, 5.74) is -0.0498. The van der Waals surface area contributed by atoms with Gasteiger partial charge in [0, 0.05) is 0 Å². The molecule has 98 valence electrons. The van der Waals surface area contributed by atoms with E-state index in [-0.39, 0.29) is 0 Å². The van der Waals surface area contributed by atoms with Crippen molar-refractivity contribution >= 4 is 11.8 Å². The van der Waals surface area contributed by atoms with Crippen LogP contribution in [0.3, 0.4) is 0 Å². The molecule has 1 saturated carbocycles. The molecule has 5 heteroatoms. The first-order valence-corrected chi connectivity index (χ1v) is 6.44. The van der Waals surface area contributed by atoms with Crippen LogP contribution in [0, 0.1) is 6.92 Å². The van der Waals surface area contributed by atoms with E-state index in [9.17, 15) is 9.90 Å². The van der Waals surface area contributed by atoms with Gasteiger partial charge in [-0.05, 0) is 31.9 Å². The number of carbonyl (C=O) groups is 1. The molecule has 0 saturated heterocycles. The summed E-state index contributed by atoms with van der Waals surface area (Å²) in [7, 11) is 0. The fourth-order valence-electron chi connectivity index (χ4n) is 2.44. The zero-order chi connectivity index (χ0) is 13.0. The van der Waals surface area contributed by atoms with Crippen LogP contribution in [0.2, 0.25) is 0 Å². The molecule has 1 aliphatic carbocycles. The molecule has 1 fully saturated rings. The van der Waals surface area contributed by atoms with E-state index in [0.29, 0.717) is 18.7 Å². The van der Waals surface area contributed by atoms with Crippen molar-refractivity contribution < 1.29 is 9.90 Å². The largest absolute Gasteiger partial charge is 0.480 e. The predicted molar refractivity (Wildman–Crippen MR) is 68.5 cm³/mol. The van der Waals surface area contributed by atoms with E-state index in [1.54, 1.807) is 6.07 Å². The van der Waals surface area contributed by atoms with Crippen LogP contribution in [0.15, 0.2) is 12.1 Å². The number of aliphatic carboxylic acids is 1. The number of aromatic nitrogens is 2. The number of carboxylic acids is 1. The molecule has 0 spiro atoms. The molecule has 0 aliphatic heterocycles. The summed E-state index contributed by atoms with van der Waals surface area (Å²) < 4.78 is 0. The summed E-state index contributed by atoms with van der Waals surface area (Å²) in [6.45, 7) is 1.86. The first kappa shape index (κ1) is 12.8. The lowest BCUT2D eigenvalue weighted by Crippen LogP contribution is -2.46. The number of hydrogen-bond acceptors (Lipinski definition) is 4. The molecular weight excluding hydrogens is 230 g/mol. The fraction of sp³-hybridized carbons (Fsp3) is 0.615. The third-order valence-corrected chi connectivity index (χ3v) is 3.53. The summed E-state index contributed by atoms with van der Waals surface area (Å²) in [6.07, 6.45) is 5.40. The van der Waals surface area contributed by atoms with E-state index in [4.69, 9.17) is 0 Å². The summed E-state index contributed by atoms with van der Waals surface area (Å²) in [6, 6.07) is 3.62. The highest BCUT2D eigenvalue weighted by atomic mass is 16.4. The fourth-order valence-corrected chi connectivity index (χ4v) is 2.44. The Balaban J connectivity index is 2.19. The van der Waals surface area contributed by atoms with E-state index in [1.807, 2.05) is 13.0 Å². The van der Waals surface area contributed by atoms with Crippen LogP contribution in [0.4, 0.5) is 5.82 Å². The topological polar surface area (TPSA) is 75.1 Å². The molecule has 0 unspecified atom stereocenters. The average Bonchev–Trinajstić information content (AvgIpc) is 2.59. The maximum Gasteiger partial charge on any atom is 0.329 e. The van der Waals surface area contributed by atoms with E-state index in [2.05, 4.69) is 15.5 Å². The standard InChI is InChI=1S/C13H19N3O2/c1-10-6-7-11(16-15-10)14-13(12(17)18)8-4-2-3-5-9-13/h6-7H,2-5,8-9H2,1H3,(H,14,16)(H,17,18). The normalized spacial score (nSPS) is 18.9. The van der Waals surface area contributed by atoms with Gasteiger partial charge in [-0.25, -0.2) is 4.79 Å². The second-order valence-corrected chi connectivity index (χ2v) is 4.99. The van der Waals surface area contributed by atoms with Crippen LogP contribution >= 0.6 is 0 Å². The highest BCUT2D eigenvalue weighted by molar-refractivity contribution is 5.82. The molecule has 1 aromatic heterocycles. The molecule has 1 aliphatic rings. The zero-order valence-electron chi connectivity index (χ0n) is 10.6.